The van der Waals surface area contributed by atoms with E-state index in [1.807, 2.05) is 66.8 Å². The number of hydrazine groups is 1. The predicted octanol–water partition coefficient (Wildman–Crippen LogP) is 5.53. The van der Waals surface area contributed by atoms with Crippen molar-refractivity contribution in [2.24, 2.45) is 10.8 Å². The maximum absolute atomic E-state index is 15.7. The van der Waals surface area contributed by atoms with E-state index in [2.05, 4.69) is 20.9 Å². The largest absolute Gasteiger partial charge is 0.493 e. The van der Waals surface area contributed by atoms with Crippen LogP contribution in [-0.4, -0.2) is 41.6 Å². The van der Waals surface area contributed by atoms with Crippen LogP contribution in [0, 0.1) is 0 Å². The molecule has 11 heteroatoms. The molecule has 1 atom stereocenters. The van der Waals surface area contributed by atoms with Gasteiger partial charge in [-0.1, -0.05) is 36.4 Å². The van der Waals surface area contributed by atoms with Gasteiger partial charge in [-0.25, -0.2) is 4.39 Å². The van der Waals surface area contributed by atoms with Gasteiger partial charge in [0.25, 0.3) is 0 Å². The first-order chi connectivity index (χ1) is 20.9. The molecule has 1 aliphatic carbocycles. The highest BCUT2D eigenvalue weighted by Crippen LogP contribution is 2.40. The Morgan fingerprint density at radius 2 is 2.05 bits per heavy atom. The third-order valence-electron chi connectivity index (χ3n) is 7.01. The van der Waals surface area contributed by atoms with Gasteiger partial charge >= 0.3 is 0 Å². The number of aromatic nitrogens is 1. The van der Waals surface area contributed by atoms with E-state index in [9.17, 15) is 0 Å². The summed E-state index contributed by atoms with van der Waals surface area (Å²) in [5.74, 6) is 1.19. The normalized spacial score (nSPS) is 18.0. The molecule has 2 aromatic carbocycles. The fourth-order valence-electron chi connectivity index (χ4n) is 4.78. The highest BCUT2D eigenvalue weighted by molar-refractivity contribution is 7.80. The number of methoxy groups -OCH3 is 1. The molecule has 1 aromatic heterocycles. The molecule has 0 saturated carbocycles. The van der Waals surface area contributed by atoms with E-state index in [-0.39, 0.29) is 17.3 Å². The minimum Gasteiger partial charge on any atom is -0.493 e. The number of fused-ring (bicyclic) bond motifs is 1. The van der Waals surface area contributed by atoms with E-state index < -0.39 is 11.2 Å². The van der Waals surface area contributed by atoms with Gasteiger partial charge in [-0.3, -0.25) is 15.4 Å². The minimum atomic E-state index is -0.859. The van der Waals surface area contributed by atoms with Crippen molar-refractivity contribution in [3.8, 4) is 17.2 Å². The Balaban J connectivity index is 1.32. The van der Waals surface area contributed by atoms with Gasteiger partial charge in [0.15, 0.2) is 22.4 Å². The van der Waals surface area contributed by atoms with Crippen LogP contribution >= 0.6 is 12.2 Å². The number of hydrogen-bond acceptors (Lipinski definition) is 8. The van der Waals surface area contributed by atoms with E-state index in [4.69, 9.17) is 32.2 Å². The van der Waals surface area contributed by atoms with Crippen LogP contribution in [0.3, 0.4) is 0 Å². The number of thiocarbonyl (C=S) groups is 1. The zero-order chi connectivity index (χ0) is 30.2. The monoisotopic (exact) mass is 600 g/mol. The molecule has 4 N–H and O–H groups in total. The standard InChI is InChI=1S/C32H33FN6O3S/c1-22-11-15-39(37-20-22)14-6-16-41-30-18-26-24(17-29(30)40-2)27(10-13-35-26)42-28-9-12-32(19-25(28)33,21-36-38-31(34)43)23-7-4-3-5-8-23/h3-5,7-13,15,17-18,20-21,37H,6,14,16,19H2,1-2H3,(H3,34,38,43). The molecule has 5 rings (SSSR count). The third kappa shape index (κ3) is 7.12. The van der Waals surface area contributed by atoms with Crippen LogP contribution < -0.4 is 30.8 Å². The quantitative estimate of drug-likeness (QED) is 0.113. The highest BCUT2D eigenvalue weighted by Gasteiger charge is 2.34. The number of hydrogen-bond donors (Lipinski definition) is 3. The van der Waals surface area contributed by atoms with Crippen LogP contribution in [0.15, 0.2) is 108 Å². The number of nitrogens with two attached hydrogens (primary N) is 1. The molecule has 2 aliphatic rings. The molecule has 0 spiro atoms. The first-order valence-electron chi connectivity index (χ1n) is 13.8. The predicted molar refractivity (Wildman–Crippen MR) is 170 cm³/mol. The number of hydrazone groups is 1. The average Bonchev–Trinajstić information content (AvgIpc) is 3.01. The van der Waals surface area contributed by atoms with Crippen molar-refractivity contribution >= 4 is 34.4 Å². The fourth-order valence-corrected chi connectivity index (χ4v) is 4.83. The van der Waals surface area contributed by atoms with Crippen molar-refractivity contribution in [2.75, 3.05) is 20.3 Å². The van der Waals surface area contributed by atoms with Gasteiger partial charge in [0.1, 0.15) is 11.6 Å². The van der Waals surface area contributed by atoms with Crippen LogP contribution in [0.5, 0.6) is 17.2 Å². The number of benzene rings is 2. The van der Waals surface area contributed by atoms with E-state index in [0.717, 1.165) is 18.5 Å². The summed E-state index contributed by atoms with van der Waals surface area (Å²) in [6.07, 6.45) is 13.5. The molecule has 0 fully saturated rings. The molecule has 1 aliphatic heterocycles. The lowest BCUT2D eigenvalue weighted by molar-refractivity contribution is 0.245. The van der Waals surface area contributed by atoms with Crippen molar-refractivity contribution in [3.05, 3.63) is 108 Å². The second kappa shape index (κ2) is 13.4. The summed E-state index contributed by atoms with van der Waals surface area (Å²) in [7, 11) is 1.57. The summed E-state index contributed by atoms with van der Waals surface area (Å²) in [6, 6.07) is 14.8. The fraction of sp³-hybridized carbons (Fsp3) is 0.219. The van der Waals surface area contributed by atoms with E-state index >= 15 is 4.39 Å². The summed E-state index contributed by atoms with van der Waals surface area (Å²) in [4.78, 5) is 4.49. The van der Waals surface area contributed by atoms with Crippen LogP contribution in [-0.2, 0) is 5.41 Å². The maximum atomic E-state index is 15.7. The zero-order valence-electron chi connectivity index (χ0n) is 23.9. The zero-order valence-corrected chi connectivity index (χ0v) is 24.7. The summed E-state index contributed by atoms with van der Waals surface area (Å²) >= 11 is 4.85. The molecule has 0 radical (unpaired) electrons. The lowest BCUT2D eigenvalue weighted by Crippen LogP contribution is -2.32. The number of pyridine rings is 1. The van der Waals surface area contributed by atoms with E-state index in [1.165, 1.54) is 5.57 Å². The van der Waals surface area contributed by atoms with Gasteiger partial charge in [0.05, 0.1) is 24.6 Å². The Labute approximate surface area is 255 Å². The molecule has 0 amide bonds. The van der Waals surface area contributed by atoms with Gasteiger partial charge in [-0.05, 0) is 54.6 Å². The highest BCUT2D eigenvalue weighted by atomic mass is 32.1. The molecule has 43 heavy (non-hydrogen) atoms. The Hall–Kier alpha value is -4.90. The number of nitrogens with zero attached hydrogens (tertiary/aromatic N) is 3. The molecule has 2 heterocycles. The van der Waals surface area contributed by atoms with Crippen molar-refractivity contribution < 1.29 is 18.6 Å². The van der Waals surface area contributed by atoms with E-state index in [0.29, 0.717) is 34.8 Å². The Kier molecular flexibility index (Phi) is 9.21. The van der Waals surface area contributed by atoms with Crippen LogP contribution in [0.2, 0.25) is 0 Å². The summed E-state index contributed by atoms with van der Waals surface area (Å²) in [5, 5.41) is 6.82. The molecule has 3 aromatic rings. The van der Waals surface area contributed by atoms with Gasteiger partial charge in [0.2, 0.25) is 0 Å². The topological polar surface area (TPSA) is 106 Å². The lowest BCUT2D eigenvalue weighted by Gasteiger charge is -2.30. The van der Waals surface area contributed by atoms with Gasteiger partial charge in [0, 0.05) is 55.7 Å². The Bertz CT molecular complexity index is 1640. The van der Waals surface area contributed by atoms with E-state index in [1.54, 1.807) is 43.8 Å². The molecule has 222 valence electrons. The molecule has 0 bridgehead atoms. The second-order valence-electron chi connectivity index (χ2n) is 10.1. The SMILES string of the molecule is COc1cc2c(OC3=C(F)CC(C=NNC(N)=S)(c4ccccc4)C=C3)ccnc2cc1OCCCN1C=CC(C)=CN1. The molecular formula is C32H33FN6O3S. The second-order valence-corrected chi connectivity index (χ2v) is 10.5. The van der Waals surface area contributed by atoms with Gasteiger partial charge < -0.3 is 25.4 Å². The van der Waals surface area contributed by atoms with Crippen molar-refractivity contribution in [2.45, 2.75) is 25.2 Å². The number of halogens is 1. The third-order valence-corrected chi connectivity index (χ3v) is 7.10. The summed E-state index contributed by atoms with van der Waals surface area (Å²) in [5.41, 5.74) is 13.1. The number of ether oxygens (including phenoxy) is 3. The Morgan fingerprint density at radius 1 is 1.21 bits per heavy atom. The molecule has 9 nitrogen and oxygen atoms in total. The number of allylic oxidation sites excluding steroid dienone is 5. The molecule has 1 unspecified atom stereocenters. The Morgan fingerprint density at radius 3 is 2.77 bits per heavy atom. The average molecular weight is 601 g/mol. The van der Waals surface area contributed by atoms with Crippen molar-refractivity contribution in [1.29, 1.82) is 0 Å². The van der Waals surface area contributed by atoms with Crippen molar-refractivity contribution in [3.63, 3.8) is 0 Å². The van der Waals surface area contributed by atoms with Crippen LogP contribution in [0.25, 0.3) is 10.9 Å². The van der Waals surface area contributed by atoms with Crippen LogP contribution in [0.4, 0.5) is 4.39 Å². The summed E-state index contributed by atoms with van der Waals surface area (Å²) < 4.78 is 33.5. The van der Waals surface area contributed by atoms with Gasteiger partial charge in [-0.2, -0.15) is 5.10 Å². The summed E-state index contributed by atoms with van der Waals surface area (Å²) in [6.45, 7) is 3.29. The molecular weight excluding hydrogens is 567 g/mol. The smallest absolute Gasteiger partial charge is 0.184 e. The van der Waals surface area contributed by atoms with Gasteiger partial charge in [-0.15, -0.1) is 0 Å². The minimum absolute atomic E-state index is 0.00564. The van der Waals surface area contributed by atoms with Crippen LogP contribution in [0.1, 0.15) is 25.3 Å². The lowest BCUT2D eigenvalue weighted by atomic mass is 9.76. The molecule has 0 saturated heterocycles. The number of rotatable bonds is 11. The maximum Gasteiger partial charge on any atom is 0.184 e. The van der Waals surface area contributed by atoms with Crippen molar-refractivity contribution in [1.82, 2.24) is 20.8 Å². The number of nitrogens with one attached hydrogen (secondary N) is 2. The first kappa shape index (κ1) is 29.6. The first-order valence-corrected chi connectivity index (χ1v) is 14.2.